The van der Waals surface area contributed by atoms with Crippen LogP contribution in [-0.2, 0) is 11.3 Å². The Morgan fingerprint density at radius 2 is 2.22 bits per heavy atom. The Kier molecular flexibility index (Phi) is 4.30. The van der Waals surface area contributed by atoms with E-state index in [0.29, 0.717) is 6.61 Å². The monoisotopic (exact) mass is 264 g/mol. The van der Waals surface area contributed by atoms with E-state index >= 15 is 0 Å². The standard InChI is InChI=1S/C14H20N2OS/c1-4-14(2)10-18-13(16-14)15-12-8-6-5-7-11(12)9-17-3/h5-8H,4,9-10H2,1-3H3,(H,15,16). The second-order valence-electron chi connectivity index (χ2n) is 4.77. The van der Waals surface area contributed by atoms with Crippen LogP contribution in [-0.4, -0.2) is 23.6 Å². The lowest BCUT2D eigenvalue weighted by Crippen LogP contribution is -2.20. The number of thioether (sulfide) groups is 1. The van der Waals surface area contributed by atoms with E-state index < -0.39 is 0 Å². The molecule has 0 aromatic heterocycles. The van der Waals surface area contributed by atoms with Gasteiger partial charge in [-0.05, 0) is 19.4 Å². The molecule has 0 radical (unpaired) electrons. The summed E-state index contributed by atoms with van der Waals surface area (Å²) < 4.78 is 5.21. The number of nitrogens with one attached hydrogen (secondary N) is 1. The van der Waals surface area contributed by atoms with E-state index in [1.54, 1.807) is 18.9 Å². The molecule has 1 aromatic rings. The minimum absolute atomic E-state index is 0.0865. The zero-order valence-corrected chi connectivity index (χ0v) is 12.0. The van der Waals surface area contributed by atoms with Crippen molar-refractivity contribution >= 4 is 22.6 Å². The number of hydrogen-bond acceptors (Lipinski definition) is 4. The summed E-state index contributed by atoms with van der Waals surface area (Å²) in [4.78, 5) is 4.76. The number of benzene rings is 1. The van der Waals surface area contributed by atoms with Crippen LogP contribution < -0.4 is 5.32 Å². The molecule has 0 saturated carbocycles. The highest BCUT2D eigenvalue weighted by atomic mass is 32.2. The van der Waals surface area contributed by atoms with Gasteiger partial charge in [0.2, 0.25) is 0 Å². The van der Waals surface area contributed by atoms with Crippen LogP contribution in [0.5, 0.6) is 0 Å². The van der Waals surface area contributed by atoms with Crippen molar-refractivity contribution in [2.45, 2.75) is 32.4 Å². The van der Waals surface area contributed by atoms with E-state index in [0.717, 1.165) is 28.6 Å². The molecule has 0 fully saturated rings. The summed E-state index contributed by atoms with van der Waals surface area (Å²) in [5.41, 5.74) is 2.34. The van der Waals surface area contributed by atoms with Crippen LogP contribution in [0.4, 0.5) is 5.69 Å². The van der Waals surface area contributed by atoms with E-state index in [-0.39, 0.29) is 5.54 Å². The number of methoxy groups -OCH3 is 1. The number of anilines is 1. The average Bonchev–Trinajstić information content (AvgIpc) is 2.75. The lowest BCUT2D eigenvalue weighted by molar-refractivity contribution is 0.185. The number of ether oxygens (including phenoxy) is 1. The van der Waals surface area contributed by atoms with Gasteiger partial charge in [0.1, 0.15) is 0 Å². The predicted molar refractivity (Wildman–Crippen MR) is 79.4 cm³/mol. The van der Waals surface area contributed by atoms with Gasteiger partial charge in [-0.1, -0.05) is 36.9 Å². The third-order valence-corrected chi connectivity index (χ3v) is 4.44. The van der Waals surface area contributed by atoms with Crippen LogP contribution in [0.25, 0.3) is 0 Å². The molecule has 98 valence electrons. The summed E-state index contributed by atoms with van der Waals surface area (Å²) in [5, 5.41) is 4.43. The maximum Gasteiger partial charge on any atom is 0.161 e. The lowest BCUT2D eigenvalue weighted by atomic mass is 10.0. The molecule has 18 heavy (non-hydrogen) atoms. The topological polar surface area (TPSA) is 33.6 Å². The number of hydrogen-bond donors (Lipinski definition) is 1. The number of para-hydroxylation sites is 1. The van der Waals surface area contributed by atoms with Crippen molar-refractivity contribution in [3.63, 3.8) is 0 Å². The molecule has 0 aliphatic carbocycles. The Balaban J connectivity index is 2.13. The van der Waals surface area contributed by atoms with Crippen molar-refractivity contribution in [3.05, 3.63) is 29.8 Å². The second-order valence-corrected chi connectivity index (χ2v) is 5.74. The van der Waals surface area contributed by atoms with Crippen molar-refractivity contribution in [1.29, 1.82) is 0 Å². The molecule has 2 rings (SSSR count). The minimum atomic E-state index is 0.0865. The molecule has 0 amide bonds. The summed E-state index contributed by atoms with van der Waals surface area (Å²) in [6.45, 7) is 5.01. The Morgan fingerprint density at radius 1 is 1.44 bits per heavy atom. The van der Waals surface area contributed by atoms with Crippen LogP contribution in [0.1, 0.15) is 25.8 Å². The van der Waals surface area contributed by atoms with Gasteiger partial charge in [0.15, 0.2) is 5.17 Å². The Hall–Kier alpha value is -1.00. The molecule has 0 saturated heterocycles. The van der Waals surface area contributed by atoms with Gasteiger partial charge in [0.05, 0.1) is 12.1 Å². The van der Waals surface area contributed by atoms with Crippen LogP contribution in [0.3, 0.4) is 0 Å². The molecule has 1 aliphatic rings. The summed E-state index contributed by atoms with van der Waals surface area (Å²) in [7, 11) is 1.72. The first-order valence-corrected chi connectivity index (χ1v) is 7.22. The summed E-state index contributed by atoms with van der Waals surface area (Å²) >= 11 is 1.79. The van der Waals surface area contributed by atoms with E-state index in [1.165, 1.54) is 0 Å². The summed E-state index contributed by atoms with van der Waals surface area (Å²) in [5.74, 6) is 1.05. The third kappa shape index (κ3) is 3.06. The fourth-order valence-electron chi connectivity index (χ4n) is 1.82. The molecule has 1 aliphatic heterocycles. The summed E-state index contributed by atoms with van der Waals surface area (Å²) in [6.07, 6.45) is 1.07. The fraction of sp³-hybridized carbons (Fsp3) is 0.500. The highest BCUT2D eigenvalue weighted by Crippen LogP contribution is 2.31. The highest BCUT2D eigenvalue weighted by molar-refractivity contribution is 8.14. The lowest BCUT2D eigenvalue weighted by Gasteiger charge is -2.15. The quantitative estimate of drug-likeness (QED) is 0.903. The Bertz CT molecular complexity index is 447. The number of rotatable bonds is 4. The van der Waals surface area contributed by atoms with Gasteiger partial charge >= 0.3 is 0 Å². The van der Waals surface area contributed by atoms with Gasteiger partial charge in [-0.2, -0.15) is 0 Å². The fourth-order valence-corrected chi connectivity index (χ4v) is 3.00. The molecule has 0 bridgehead atoms. The van der Waals surface area contributed by atoms with Crippen molar-refractivity contribution < 1.29 is 4.74 Å². The molecule has 1 heterocycles. The van der Waals surface area contributed by atoms with E-state index in [4.69, 9.17) is 9.73 Å². The molecule has 1 atom stereocenters. The highest BCUT2D eigenvalue weighted by Gasteiger charge is 2.28. The van der Waals surface area contributed by atoms with Gasteiger partial charge in [-0.15, -0.1) is 0 Å². The average molecular weight is 264 g/mol. The number of aliphatic imine (C=N–C) groups is 1. The van der Waals surface area contributed by atoms with Gasteiger partial charge < -0.3 is 10.1 Å². The molecule has 1 aromatic carbocycles. The maximum absolute atomic E-state index is 5.21. The smallest absolute Gasteiger partial charge is 0.161 e. The molecule has 4 heteroatoms. The third-order valence-electron chi connectivity index (χ3n) is 3.21. The first kappa shape index (κ1) is 13.4. The van der Waals surface area contributed by atoms with Crippen LogP contribution >= 0.6 is 11.8 Å². The molecule has 1 unspecified atom stereocenters. The normalized spacial score (nSPS) is 22.9. The van der Waals surface area contributed by atoms with Gasteiger partial charge in [0.25, 0.3) is 0 Å². The molecule has 1 N–H and O–H groups in total. The van der Waals surface area contributed by atoms with Crippen molar-refractivity contribution in [2.75, 3.05) is 18.2 Å². The van der Waals surface area contributed by atoms with Gasteiger partial charge in [0, 0.05) is 24.1 Å². The number of amidine groups is 1. The first-order chi connectivity index (χ1) is 8.67. The van der Waals surface area contributed by atoms with Crippen molar-refractivity contribution in [3.8, 4) is 0 Å². The van der Waals surface area contributed by atoms with Crippen LogP contribution in [0, 0.1) is 0 Å². The van der Waals surface area contributed by atoms with Gasteiger partial charge in [-0.25, -0.2) is 0 Å². The molecule has 3 nitrogen and oxygen atoms in total. The minimum Gasteiger partial charge on any atom is -0.380 e. The Morgan fingerprint density at radius 3 is 2.89 bits per heavy atom. The van der Waals surface area contributed by atoms with Crippen molar-refractivity contribution in [2.24, 2.45) is 4.99 Å². The molecular formula is C14H20N2OS. The van der Waals surface area contributed by atoms with E-state index in [1.807, 2.05) is 12.1 Å². The Labute approximate surface area is 113 Å². The second kappa shape index (κ2) is 5.76. The maximum atomic E-state index is 5.21. The first-order valence-electron chi connectivity index (χ1n) is 6.23. The molecule has 0 spiro atoms. The zero-order chi connectivity index (χ0) is 13.0. The van der Waals surface area contributed by atoms with Gasteiger partial charge in [-0.3, -0.25) is 4.99 Å². The largest absolute Gasteiger partial charge is 0.380 e. The predicted octanol–water partition coefficient (Wildman–Crippen LogP) is 3.52. The van der Waals surface area contributed by atoms with Crippen LogP contribution in [0.15, 0.2) is 29.3 Å². The zero-order valence-electron chi connectivity index (χ0n) is 11.2. The number of nitrogens with zero attached hydrogens (tertiary/aromatic N) is 1. The van der Waals surface area contributed by atoms with Crippen molar-refractivity contribution in [1.82, 2.24) is 0 Å². The van der Waals surface area contributed by atoms with Crippen LogP contribution in [0.2, 0.25) is 0 Å². The SMILES string of the molecule is CCC1(C)CSC(Nc2ccccc2COC)=N1. The summed E-state index contributed by atoms with van der Waals surface area (Å²) in [6, 6.07) is 8.20. The van der Waals surface area contributed by atoms with E-state index in [9.17, 15) is 0 Å². The molecular weight excluding hydrogens is 244 g/mol. The van der Waals surface area contributed by atoms with E-state index in [2.05, 4.69) is 31.3 Å².